The number of hydrogen-bond donors (Lipinski definition) is 1. The molecule has 6 nitrogen and oxygen atoms in total. The smallest absolute Gasteiger partial charge is 0.211 e. The molecular weight excluding hydrogens is 276 g/mol. The molecule has 0 fully saturated rings. The van der Waals surface area contributed by atoms with Crippen molar-refractivity contribution in [3.8, 4) is 5.69 Å². The lowest BCUT2D eigenvalue weighted by atomic mass is 10.1. The van der Waals surface area contributed by atoms with Crippen LogP contribution >= 0.6 is 0 Å². The minimum Gasteiger partial charge on any atom is -0.220 e. The molecule has 0 amide bonds. The molecule has 0 aliphatic carbocycles. The summed E-state index contributed by atoms with van der Waals surface area (Å²) in [5.41, 5.74) is 3.75. The molecule has 0 radical (unpaired) electrons. The van der Waals surface area contributed by atoms with Gasteiger partial charge in [-0.1, -0.05) is 23.4 Å². The second-order valence-electron chi connectivity index (χ2n) is 4.62. The van der Waals surface area contributed by atoms with E-state index in [0.29, 0.717) is 5.69 Å². The van der Waals surface area contributed by atoms with Crippen molar-refractivity contribution in [2.24, 2.45) is 0 Å². The molecule has 108 valence electrons. The maximum absolute atomic E-state index is 11.4. The van der Waals surface area contributed by atoms with Gasteiger partial charge in [0.1, 0.15) is 0 Å². The normalized spacial score (nSPS) is 11.8. The summed E-state index contributed by atoms with van der Waals surface area (Å²) in [4.78, 5) is 0. The van der Waals surface area contributed by atoms with E-state index in [1.54, 1.807) is 17.8 Å². The van der Waals surface area contributed by atoms with E-state index in [1.165, 1.54) is 0 Å². The Morgan fingerprint density at radius 1 is 1.25 bits per heavy atom. The molecule has 0 aliphatic heterocycles. The van der Waals surface area contributed by atoms with Crippen molar-refractivity contribution in [3.63, 3.8) is 0 Å². The van der Waals surface area contributed by atoms with Gasteiger partial charge in [0.25, 0.3) is 0 Å². The molecule has 0 spiro atoms. The molecule has 0 bridgehead atoms. The zero-order valence-corrected chi connectivity index (χ0v) is 12.6. The number of rotatable bonds is 5. The lowest BCUT2D eigenvalue weighted by Gasteiger charge is -2.08. The summed E-state index contributed by atoms with van der Waals surface area (Å²) < 4.78 is 26.9. The summed E-state index contributed by atoms with van der Waals surface area (Å²) in [6.07, 6.45) is 1.74. The summed E-state index contributed by atoms with van der Waals surface area (Å²) in [6.45, 7) is 5.75. The van der Waals surface area contributed by atoms with Crippen LogP contribution in [0.4, 0.5) is 0 Å². The Morgan fingerprint density at radius 2 is 1.90 bits per heavy atom. The topological polar surface area (TPSA) is 76.9 Å². The van der Waals surface area contributed by atoms with Gasteiger partial charge in [-0.25, -0.2) is 17.8 Å². The minimum absolute atomic E-state index is 0.0536. The van der Waals surface area contributed by atoms with Gasteiger partial charge in [-0.05, 0) is 31.9 Å². The van der Waals surface area contributed by atoms with Gasteiger partial charge in [0.05, 0.1) is 29.9 Å². The number of nitrogens with one attached hydrogen (secondary N) is 1. The van der Waals surface area contributed by atoms with Crippen LogP contribution in [-0.4, -0.2) is 29.2 Å². The van der Waals surface area contributed by atoms with Gasteiger partial charge in [0, 0.05) is 0 Å². The van der Waals surface area contributed by atoms with Crippen molar-refractivity contribution in [3.05, 3.63) is 41.2 Å². The highest BCUT2D eigenvalue weighted by Crippen LogP contribution is 2.17. The number of para-hydroxylation sites is 1. The van der Waals surface area contributed by atoms with Crippen LogP contribution in [0.1, 0.15) is 23.7 Å². The summed E-state index contributed by atoms with van der Waals surface area (Å²) in [7, 11) is -3.22. The summed E-state index contributed by atoms with van der Waals surface area (Å²) >= 11 is 0. The molecule has 1 aromatic carbocycles. The summed E-state index contributed by atoms with van der Waals surface area (Å²) in [5.74, 6) is 0.0536. The molecule has 2 aromatic rings. The SMILES string of the molecule is CCS(=O)(=O)NCc1cn(-c2c(C)cccc2C)nn1. The van der Waals surface area contributed by atoms with E-state index in [0.717, 1.165) is 16.8 Å². The molecule has 0 atom stereocenters. The zero-order chi connectivity index (χ0) is 14.8. The van der Waals surface area contributed by atoms with Crippen molar-refractivity contribution in [2.75, 3.05) is 5.75 Å². The second kappa shape index (κ2) is 5.72. The third-order valence-electron chi connectivity index (χ3n) is 3.06. The summed E-state index contributed by atoms with van der Waals surface area (Å²) in [5, 5.41) is 8.06. The Hall–Kier alpha value is -1.73. The first kappa shape index (κ1) is 14.7. The average molecular weight is 294 g/mol. The number of sulfonamides is 1. The van der Waals surface area contributed by atoms with Crippen LogP contribution in [0.2, 0.25) is 0 Å². The van der Waals surface area contributed by atoms with E-state index >= 15 is 0 Å². The monoisotopic (exact) mass is 294 g/mol. The molecule has 2 rings (SSSR count). The first-order valence-corrected chi connectivity index (χ1v) is 8.03. The maximum atomic E-state index is 11.4. The van der Waals surface area contributed by atoms with E-state index in [9.17, 15) is 8.42 Å². The van der Waals surface area contributed by atoms with Crippen molar-refractivity contribution < 1.29 is 8.42 Å². The van der Waals surface area contributed by atoms with Gasteiger partial charge in [-0.15, -0.1) is 5.10 Å². The molecule has 1 heterocycles. The standard InChI is InChI=1S/C13H18N4O2S/c1-4-20(18,19)14-8-12-9-17(16-15-12)13-10(2)6-5-7-11(13)3/h5-7,9,14H,4,8H2,1-3H3. The largest absolute Gasteiger partial charge is 0.220 e. The fourth-order valence-corrected chi connectivity index (χ4v) is 2.51. The van der Waals surface area contributed by atoms with E-state index < -0.39 is 10.0 Å². The van der Waals surface area contributed by atoms with E-state index in [1.807, 2.05) is 32.0 Å². The number of nitrogens with zero attached hydrogens (tertiary/aromatic N) is 3. The number of benzene rings is 1. The van der Waals surface area contributed by atoms with Gasteiger partial charge < -0.3 is 0 Å². The maximum Gasteiger partial charge on any atom is 0.211 e. The van der Waals surface area contributed by atoms with Crippen molar-refractivity contribution in [2.45, 2.75) is 27.3 Å². The van der Waals surface area contributed by atoms with Crippen LogP contribution in [0.3, 0.4) is 0 Å². The van der Waals surface area contributed by atoms with Gasteiger partial charge in [-0.3, -0.25) is 0 Å². The number of hydrogen-bond acceptors (Lipinski definition) is 4. The fourth-order valence-electron chi connectivity index (χ4n) is 1.94. The Balaban J connectivity index is 2.22. The third-order valence-corrected chi connectivity index (χ3v) is 4.41. The molecule has 20 heavy (non-hydrogen) atoms. The molecule has 0 unspecified atom stereocenters. The van der Waals surface area contributed by atoms with Crippen molar-refractivity contribution >= 4 is 10.0 Å². The zero-order valence-electron chi connectivity index (χ0n) is 11.8. The van der Waals surface area contributed by atoms with Crippen molar-refractivity contribution in [1.29, 1.82) is 0 Å². The van der Waals surface area contributed by atoms with Crippen molar-refractivity contribution in [1.82, 2.24) is 19.7 Å². The molecule has 1 N–H and O–H groups in total. The van der Waals surface area contributed by atoms with Crippen LogP contribution in [0.15, 0.2) is 24.4 Å². The highest BCUT2D eigenvalue weighted by molar-refractivity contribution is 7.89. The fraction of sp³-hybridized carbons (Fsp3) is 0.385. The first-order chi connectivity index (χ1) is 9.43. The first-order valence-electron chi connectivity index (χ1n) is 6.38. The Morgan fingerprint density at radius 3 is 2.50 bits per heavy atom. The third kappa shape index (κ3) is 3.23. The second-order valence-corrected chi connectivity index (χ2v) is 6.71. The molecule has 1 aromatic heterocycles. The van der Waals surface area contributed by atoms with Crippen LogP contribution in [0, 0.1) is 13.8 Å². The predicted molar refractivity (Wildman–Crippen MR) is 77.1 cm³/mol. The van der Waals surface area contributed by atoms with Crippen LogP contribution < -0.4 is 4.72 Å². The van der Waals surface area contributed by atoms with Gasteiger partial charge >= 0.3 is 0 Å². The Bertz CT molecular complexity index is 687. The molecular formula is C13H18N4O2S. The van der Waals surface area contributed by atoms with Gasteiger partial charge in [-0.2, -0.15) is 0 Å². The highest BCUT2D eigenvalue weighted by atomic mass is 32.2. The summed E-state index contributed by atoms with van der Waals surface area (Å²) in [6, 6.07) is 5.99. The lowest BCUT2D eigenvalue weighted by molar-refractivity contribution is 0.581. The highest BCUT2D eigenvalue weighted by Gasteiger charge is 2.10. The van der Waals surface area contributed by atoms with E-state index in [4.69, 9.17) is 0 Å². The van der Waals surface area contributed by atoms with Gasteiger partial charge in [0.15, 0.2) is 0 Å². The quantitative estimate of drug-likeness (QED) is 0.902. The molecule has 0 saturated carbocycles. The minimum atomic E-state index is -3.22. The average Bonchev–Trinajstić information content (AvgIpc) is 2.85. The molecule has 0 saturated heterocycles. The Labute approximate surface area is 118 Å². The molecule has 7 heteroatoms. The predicted octanol–water partition coefficient (Wildman–Crippen LogP) is 1.32. The number of aromatic nitrogens is 3. The van der Waals surface area contributed by atoms with E-state index in [-0.39, 0.29) is 12.3 Å². The number of aryl methyl sites for hydroxylation is 2. The van der Waals surface area contributed by atoms with Crippen LogP contribution in [-0.2, 0) is 16.6 Å². The lowest BCUT2D eigenvalue weighted by Crippen LogP contribution is -2.24. The van der Waals surface area contributed by atoms with Gasteiger partial charge in [0.2, 0.25) is 10.0 Å². The van der Waals surface area contributed by atoms with E-state index in [2.05, 4.69) is 15.0 Å². The van der Waals surface area contributed by atoms with Crippen LogP contribution in [0.5, 0.6) is 0 Å². The Kier molecular flexibility index (Phi) is 4.20. The molecule has 0 aliphatic rings. The van der Waals surface area contributed by atoms with Crippen LogP contribution in [0.25, 0.3) is 5.69 Å².